The smallest absolute Gasteiger partial charge is 1.00 e. The molecule has 0 spiro atoms. The van der Waals surface area contributed by atoms with Crippen molar-refractivity contribution in [3.63, 3.8) is 0 Å². The van der Waals surface area contributed by atoms with Crippen molar-refractivity contribution >= 4 is 5.97 Å². The summed E-state index contributed by atoms with van der Waals surface area (Å²) in [4.78, 5) is 9.35. The maximum absolute atomic E-state index is 9.35. The van der Waals surface area contributed by atoms with Crippen molar-refractivity contribution in [3.8, 4) is 0 Å². The van der Waals surface area contributed by atoms with Crippen LogP contribution in [0, 0.1) is 0 Å². The summed E-state index contributed by atoms with van der Waals surface area (Å²) in [7, 11) is 0. The Bertz CT molecular complexity index is 82.6. The first-order valence-electron chi connectivity index (χ1n) is 1.31. The second-order valence-corrected chi connectivity index (χ2v) is 0.654. The van der Waals surface area contributed by atoms with Crippen LogP contribution in [0.5, 0.6) is 0 Å². The van der Waals surface area contributed by atoms with Gasteiger partial charge in [0, 0.05) is 0 Å². The average Bonchev–Trinajstić information content (AvgIpc) is 1.35. The Kier molecular flexibility index (Phi) is 8.66. The summed E-state index contributed by atoms with van der Waals surface area (Å²) in [6.45, 7) is 0. The summed E-state index contributed by atoms with van der Waals surface area (Å²) < 4.78 is 0. The van der Waals surface area contributed by atoms with E-state index in [0.717, 1.165) is 0 Å². The average molecular weight is 112 g/mol. The predicted molar refractivity (Wildman–Crippen MR) is 20.5 cm³/mol. The number of aliphatic hydroxyl groups is 1. The molecule has 0 aromatic carbocycles. The molecule has 0 aliphatic heterocycles. The molecule has 0 rings (SSSR count). The molecule has 0 aliphatic carbocycles. The van der Waals surface area contributed by atoms with E-state index in [4.69, 9.17) is 10.2 Å². The molecule has 0 unspecified atom stereocenters. The van der Waals surface area contributed by atoms with E-state index in [9.17, 15) is 4.79 Å². The molecule has 7 heavy (non-hydrogen) atoms. The minimum atomic E-state index is -1.14. The maximum atomic E-state index is 9.35. The fourth-order valence-corrected chi connectivity index (χ4v) is 0.0638. The van der Waals surface area contributed by atoms with E-state index < -0.39 is 5.97 Å². The fraction of sp³-hybridized carbons (Fsp3) is 0. The van der Waals surface area contributed by atoms with Gasteiger partial charge in [-0.15, -0.1) is 0 Å². The Morgan fingerprint density at radius 3 is 2.14 bits per heavy atom. The molecular weight excluding hydrogens is 107 g/mol. The third-order valence-electron chi connectivity index (χ3n) is 0.217. The molecule has 0 aromatic heterocycles. The van der Waals surface area contributed by atoms with Gasteiger partial charge >= 0.3 is 35.5 Å². The molecular formula is C3H5NaO3. The molecule has 0 heterocycles. The van der Waals surface area contributed by atoms with E-state index in [1.807, 2.05) is 0 Å². The van der Waals surface area contributed by atoms with Crippen LogP contribution in [-0.2, 0) is 4.79 Å². The molecule has 0 saturated carbocycles. The van der Waals surface area contributed by atoms with Crippen LogP contribution in [0.15, 0.2) is 12.3 Å². The van der Waals surface area contributed by atoms with Crippen LogP contribution in [-0.4, -0.2) is 16.2 Å². The second kappa shape index (κ2) is 6.01. The number of carboxylic acid groups (broad SMARTS) is 1. The van der Waals surface area contributed by atoms with Gasteiger partial charge in [-0.2, -0.15) is 0 Å². The van der Waals surface area contributed by atoms with E-state index >= 15 is 0 Å². The first-order valence-corrected chi connectivity index (χ1v) is 1.31. The van der Waals surface area contributed by atoms with E-state index in [1.165, 1.54) is 0 Å². The third-order valence-corrected chi connectivity index (χ3v) is 0.217. The van der Waals surface area contributed by atoms with Crippen molar-refractivity contribution < 1.29 is 46.0 Å². The third kappa shape index (κ3) is 10.7. The summed E-state index contributed by atoms with van der Waals surface area (Å²) >= 11 is 0. The predicted octanol–water partition coefficient (Wildman–Crippen LogP) is -2.74. The molecule has 0 bridgehead atoms. The number of aliphatic carboxylic acids is 1. The van der Waals surface area contributed by atoms with Crippen molar-refractivity contribution in [2.45, 2.75) is 0 Å². The van der Waals surface area contributed by atoms with Crippen LogP contribution in [0.2, 0.25) is 0 Å². The molecule has 0 aliphatic rings. The Morgan fingerprint density at radius 2 is 2.14 bits per heavy atom. The van der Waals surface area contributed by atoms with Gasteiger partial charge in [-0.05, 0) is 0 Å². The fourth-order valence-electron chi connectivity index (χ4n) is 0.0638. The van der Waals surface area contributed by atoms with Gasteiger partial charge in [-0.3, -0.25) is 0 Å². The van der Waals surface area contributed by atoms with Gasteiger partial charge in [-0.1, -0.05) is 0 Å². The molecule has 4 heteroatoms. The molecule has 0 aromatic rings. The topological polar surface area (TPSA) is 57.5 Å². The Morgan fingerprint density at radius 1 is 1.71 bits per heavy atom. The maximum Gasteiger partial charge on any atom is 1.00 e. The van der Waals surface area contributed by atoms with Gasteiger partial charge in [0.25, 0.3) is 0 Å². The van der Waals surface area contributed by atoms with Crippen LogP contribution in [0.3, 0.4) is 0 Å². The van der Waals surface area contributed by atoms with Crippen LogP contribution < -0.4 is 29.6 Å². The molecule has 0 radical (unpaired) electrons. The van der Waals surface area contributed by atoms with E-state index in [-0.39, 0.29) is 31.0 Å². The van der Waals surface area contributed by atoms with Crippen molar-refractivity contribution in [2.75, 3.05) is 0 Å². The standard InChI is InChI=1S/C3H4O3.Na.H/c4-2-1-3(5)6;;/h1-2,4H,(H,5,6);;/q;+1;-1. The molecule has 2 N–H and O–H groups in total. The summed E-state index contributed by atoms with van der Waals surface area (Å²) in [6.07, 6.45) is 1.11. The quantitative estimate of drug-likeness (QED) is 0.220. The molecule has 0 saturated heterocycles. The van der Waals surface area contributed by atoms with Gasteiger partial charge in [0.2, 0.25) is 0 Å². The van der Waals surface area contributed by atoms with Gasteiger partial charge in [0.15, 0.2) is 0 Å². The monoisotopic (exact) mass is 112 g/mol. The molecule has 0 fully saturated rings. The van der Waals surface area contributed by atoms with Crippen LogP contribution >= 0.6 is 0 Å². The molecule has 3 nitrogen and oxygen atoms in total. The number of aliphatic hydroxyl groups excluding tert-OH is 1. The number of carboxylic acids is 1. The number of hydrogen-bond donors (Lipinski definition) is 2. The summed E-state index contributed by atoms with van der Waals surface area (Å²) in [5.41, 5.74) is 0. The normalized spacial score (nSPS) is 8.00. The first-order chi connectivity index (χ1) is 2.77. The van der Waals surface area contributed by atoms with E-state index in [0.29, 0.717) is 12.3 Å². The van der Waals surface area contributed by atoms with Crippen molar-refractivity contribution in [3.05, 3.63) is 12.3 Å². The first kappa shape index (κ1) is 10.1. The largest absolute Gasteiger partial charge is 1.00 e. The zero-order valence-corrected chi connectivity index (χ0v) is 5.96. The summed E-state index contributed by atoms with van der Waals surface area (Å²) in [5.74, 6) is -1.14. The molecule has 36 valence electrons. The minimum absolute atomic E-state index is 0. The number of rotatable bonds is 1. The Labute approximate surface area is 64.4 Å². The van der Waals surface area contributed by atoms with Crippen molar-refractivity contribution in [1.82, 2.24) is 0 Å². The van der Waals surface area contributed by atoms with Crippen molar-refractivity contribution in [2.24, 2.45) is 0 Å². The zero-order chi connectivity index (χ0) is 4.99. The Balaban J connectivity index is -0.000000125. The SMILES string of the molecule is O=C(O)C=CO.[H-].[Na+]. The number of carbonyl (C=O) groups is 1. The second-order valence-electron chi connectivity index (χ2n) is 0.654. The molecule has 0 atom stereocenters. The van der Waals surface area contributed by atoms with Crippen molar-refractivity contribution in [1.29, 1.82) is 0 Å². The number of hydrogen-bond acceptors (Lipinski definition) is 2. The van der Waals surface area contributed by atoms with E-state index in [2.05, 4.69) is 0 Å². The molecule has 0 amide bonds. The zero-order valence-electron chi connectivity index (χ0n) is 4.96. The van der Waals surface area contributed by atoms with Gasteiger partial charge in [0.05, 0.1) is 12.3 Å². The van der Waals surface area contributed by atoms with Crippen LogP contribution in [0.25, 0.3) is 0 Å². The van der Waals surface area contributed by atoms with Gasteiger partial charge in [-0.25, -0.2) is 4.79 Å². The minimum Gasteiger partial charge on any atom is -1.00 e. The Hall–Kier alpha value is 0.0100. The van der Waals surface area contributed by atoms with Crippen LogP contribution in [0.1, 0.15) is 1.43 Å². The summed E-state index contributed by atoms with van der Waals surface area (Å²) in [5, 5.41) is 15.3. The van der Waals surface area contributed by atoms with Gasteiger partial charge < -0.3 is 11.6 Å². The van der Waals surface area contributed by atoms with E-state index in [1.54, 1.807) is 0 Å². The summed E-state index contributed by atoms with van der Waals surface area (Å²) in [6, 6.07) is 0. The van der Waals surface area contributed by atoms with Gasteiger partial charge in [0.1, 0.15) is 0 Å². The van der Waals surface area contributed by atoms with Crippen LogP contribution in [0.4, 0.5) is 0 Å².